The van der Waals surface area contributed by atoms with E-state index in [1.165, 1.54) is 18.4 Å². The summed E-state index contributed by atoms with van der Waals surface area (Å²) in [4.78, 5) is 17.3. The van der Waals surface area contributed by atoms with Gasteiger partial charge >= 0.3 is 0 Å². The molecule has 20 heavy (non-hydrogen) atoms. The maximum Gasteiger partial charge on any atom is 0.160 e. The van der Waals surface area contributed by atoms with Crippen LogP contribution in [0.2, 0.25) is 5.15 Å². The molecule has 0 aromatic carbocycles. The van der Waals surface area contributed by atoms with Crippen LogP contribution in [-0.4, -0.2) is 19.9 Å². The standard InChI is InChI=1S/C15H11ClN4/c16-14-5-10(3-4-18-14)15-19-7-12-11(9-1-2-9)6-17-8-13(12)20-15/h3-9H,1-2H2. The lowest BCUT2D eigenvalue weighted by atomic mass is 10.1. The molecule has 1 saturated carbocycles. The first-order chi connectivity index (χ1) is 9.81. The van der Waals surface area contributed by atoms with E-state index in [-0.39, 0.29) is 0 Å². The van der Waals surface area contributed by atoms with Crippen molar-refractivity contribution in [1.29, 1.82) is 0 Å². The van der Waals surface area contributed by atoms with E-state index >= 15 is 0 Å². The molecule has 0 amide bonds. The number of nitrogens with zero attached hydrogens (tertiary/aromatic N) is 4. The number of aromatic nitrogens is 4. The first kappa shape index (κ1) is 11.7. The summed E-state index contributed by atoms with van der Waals surface area (Å²) in [6.07, 6.45) is 9.75. The molecule has 0 radical (unpaired) electrons. The Labute approximate surface area is 120 Å². The summed E-state index contributed by atoms with van der Waals surface area (Å²) in [5, 5.41) is 1.54. The van der Waals surface area contributed by atoms with Crippen molar-refractivity contribution >= 4 is 22.5 Å². The van der Waals surface area contributed by atoms with Crippen LogP contribution in [0.4, 0.5) is 0 Å². The van der Waals surface area contributed by atoms with Crippen LogP contribution in [0.1, 0.15) is 24.3 Å². The molecule has 98 valence electrons. The van der Waals surface area contributed by atoms with E-state index in [4.69, 9.17) is 11.6 Å². The fraction of sp³-hybridized carbons (Fsp3) is 0.200. The first-order valence-electron chi connectivity index (χ1n) is 6.54. The number of hydrogen-bond acceptors (Lipinski definition) is 4. The predicted octanol–water partition coefficient (Wildman–Crippen LogP) is 3.62. The number of pyridine rings is 2. The molecular formula is C15H11ClN4. The highest BCUT2D eigenvalue weighted by Crippen LogP contribution is 2.42. The Hall–Kier alpha value is -2.07. The van der Waals surface area contributed by atoms with E-state index in [2.05, 4.69) is 19.9 Å². The van der Waals surface area contributed by atoms with Crippen LogP contribution in [0.3, 0.4) is 0 Å². The van der Waals surface area contributed by atoms with E-state index in [9.17, 15) is 0 Å². The molecule has 0 spiro atoms. The Morgan fingerprint density at radius 2 is 2.00 bits per heavy atom. The fourth-order valence-corrected chi connectivity index (χ4v) is 2.55. The van der Waals surface area contributed by atoms with E-state index < -0.39 is 0 Å². The van der Waals surface area contributed by atoms with Crippen molar-refractivity contribution in [3.05, 3.63) is 47.6 Å². The van der Waals surface area contributed by atoms with Crippen LogP contribution in [0, 0.1) is 0 Å². The summed E-state index contributed by atoms with van der Waals surface area (Å²) < 4.78 is 0. The Morgan fingerprint density at radius 1 is 1.10 bits per heavy atom. The van der Waals surface area contributed by atoms with Crippen molar-refractivity contribution in [1.82, 2.24) is 19.9 Å². The zero-order valence-electron chi connectivity index (χ0n) is 10.6. The minimum absolute atomic E-state index is 0.441. The molecule has 0 unspecified atom stereocenters. The second kappa shape index (κ2) is 4.49. The van der Waals surface area contributed by atoms with Gasteiger partial charge in [0.15, 0.2) is 5.82 Å². The Balaban J connectivity index is 1.87. The van der Waals surface area contributed by atoms with E-state index in [0.717, 1.165) is 16.5 Å². The third-order valence-corrected chi connectivity index (χ3v) is 3.75. The Kier molecular flexibility index (Phi) is 2.63. The molecule has 3 aromatic rings. The summed E-state index contributed by atoms with van der Waals surface area (Å²) >= 11 is 5.91. The summed E-state index contributed by atoms with van der Waals surface area (Å²) in [5.41, 5.74) is 3.01. The maximum atomic E-state index is 5.91. The van der Waals surface area contributed by atoms with Gasteiger partial charge in [0.2, 0.25) is 0 Å². The fourth-order valence-electron chi connectivity index (χ4n) is 2.37. The molecule has 1 aliphatic carbocycles. The first-order valence-corrected chi connectivity index (χ1v) is 6.91. The van der Waals surface area contributed by atoms with Gasteiger partial charge in [0.1, 0.15) is 5.15 Å². The van der Waals surface area contributed by atoms with Crippen molar-refractivity contribution in [3.8, 4) is 11.4 Å². The minimum Gasteiger partial charge on any atom is -0.262 e. The van der Waals surface area contributed by atoms with Gasteiger partial charge < -0.3 is 0 Å². The highest BCUT2D eigenvalue weighted by molar-refractivity contribution is 6.29. The van der Waals surface area contributed by atoms with Gasteiger partial charge in [-0.2, -0.15) is 0 Å². The SMILES string of the molecule is Clc1cc(-c2ncc3c(C4CC4)cncc3n2)ccn1. The van der Waals surface area contributed by atoms with Crippen LogP contribution < -0.4 is 0 Å². The molecule has 0 N–H and O–H groups in total. The van der Waals surface area contributed by atoms with Gasteiger partial charge in [-0.3, -0.25) is 4.98 Å². The average molecular weight is 283 g/mol. The van der Waals surface area contributed by atoms with Crippen LogP contribution in [-0.2, 0) is 0 Å². The van der Waals surface area contributed by atoms with Crippen molar-refractivity contribution < 1.29 is 0 Å². The molecular weight excluding hydrogens is 272 g/mol. The minimum atomic E-state index is 0.441. The number of hydrogen-bond donors (Lipinski definition) is 0. The normalized spacial score (nSPS) is 14.7. The summed E-state index contributed by atoms with van der Waals surface area (Å²) in [5.74, 6) is 1.28. The molecule has 4 nitrogen and oxygen atoms in total. The molecule has 5 heteroatoms. The summed E-state index contributed by atoms with van der Waals surface area (Å²) in [7, 11) is 0. The van der Waals surface area contributed by atoms with E-state index in [0.29, 0.717) is 16.9 Å². The van der Waals surface area contributed by atoms with Gasteiger partial charge in [-0.05, 0) is 36.5 Å². The zero-order chi connectivity index (χ0) is 13.5. The lowest BCUT2D eigenvalue weighted by molar-refractivity contribution is 1.10. The van der Waals surface area contributed by atoms with Crippen molar-refractivity contribution in [3.63, 3.8) is 0 Å². The summed E-state index contributed by atoms with van der Waals surface area (Å²) in [6.45, 7) is 0. The van der Waals surface area contributed by atoms with Gasteiger partial charge in [0.05, 0.1) is 11.7 Å². The number of fused-ring (bicyclic) bond motifs is 1. The van der Waals surface area contributed by atoms with Crippen molar-refractivity contribution in [2.45, 2.75) is 18.8 Å². The van der Waals surface area contributed by atoms with Crippen molar-refractivity contribution in [2.75, 3.05) is 0 Å². The number of rotatable bonds is 2. The van der Waals surface area contributed by atoms with E-state index in [1.54, 1.807) is 18.5 Å². The van der Waals surface area contributed by atoms with Crippen LogP contribution >= 0.6 is 11.6 Å². The molecule has 4 rings (SSSR count). The van der Waals surface area contributed by atoms with E-state index in [1.807, 2.05) is 18.5 Å². The average Bonchev–Trinajstić information content (AvgIpc) is 3.30. The third kappa shape index (κ3) is 2.02. The smallest absolute Gasteiger partial charge is 0.160 e. The molecule has 3 aromatic heterocycles. The van der Waals surface area contributed by atoms with Gasteiger partial charge in [-0.1, -0.05) is 11.6 Å². The van der Waals surface area contributed by atoms with Crippen LogP contribution in [0.15, 0.2) is 36.9 Å². The molecule has 0 aliphatic heterocycles. The number of halogens is 1. The molecule has 0 atom stereocenters. The predicted molar refractivity (Wildman–Crippen MR) is 77.5 cm³/mol. The molecule has 3 heterocycles. The maximum absolute atomic E-state index is 5.91. The Bertz CT molecular complexity index is 799. The highest BCUT2D eigenvalue weighted by atomic mass is 35.5. The highest BCUT2D eigenvalue weighted by Gasteiger charge is 2.26. The van der Waals surface area contributed by atoms with Crippen molar-refractivity contribution in [2.24, 2.45) is 0 Å². The largest absolute Gasteiger partial charge is 0.262 e. The third-order valence-electron chi connectivity index (χ3n) is 3.54. The quantitative estimate of drug-likeness (QED) is 0.674. The molecule has 1 aliphatic rings. The van der Waals surface area contributed by atoms with Gasteiger partial charge in [0.25, 0.3) is 0 Å². The Morgan fingerprint density at radius 3 is 2.80 bits per heavy atom. The lowest BCUT2D eigenvalue weighted by Gasteiger charge is -2.05. The molecule has 1 fully saturated rings. The van der Waals surface area contributed by atoms with Crippen LogP contribution in [0.5, 0.6) is 0 Å². The van der Waals surface area contributed by atoms with Gasteiger partial charge in [0, 0.05) is 29.5 Å². The van der Waals surface area contributed by atoms with Crippen LogP contribution in [0.25, 0.3) is 22.3 Å². The zero-order valence-corrected chi connectivity index (χ0v) is 11.4. The second-order valence-electron chi connectivity index (χ2n) is 5.00. The van der Waals surface area contributed by atoms with Gasteiger partial charge in [-0.15, -0.1) is 0 Å². The molecule has 0 saturated heterocycles. The lowest BCUT2D eigenvalue weighted by Crippen LogP contribution is -1.94. The topological polar surface area (TPSA) is 51.6 Å². The monoisotopic (exact) mass is 282 g/mol. The second-order valence-corrected chi connectivity index (χ2v) is 5.38. The molecule has 0 bridgehead atoms. The summed E-state index contributed by atoms with van der Waals surface area (Å²) in [6, 6.07) is 3.62. The van der Waals surface area contributed by atoms with Gasteiger partial charge in [-0.25, -0.2) is 15.0 Å².